The van der Waals surface area contributed by atoms with Gasteiger partial charge in [-0.05, 0) is 12.1 Å². The van der Waals surface area contributed by atoms with Gasteiger partial charge in [-0.1, -0.05) is 72.3 Å². The predicted molar refractivity (Wildman–Crippen MR) is 99.0 cm³/mol. The average Bonchev–Trinajstić information content (AvgIpc) is 2.59. The Morgan fingerprint density at radius 1 is 0.739 bits per heavy atom. The maximum absolute atomic E-state index is 9.68. The van der Waals surface area contributed by atoms with Crippen LogP contribution in [0, 0.1) is 0 Å². The maximum Gasteiger partial charge on any atom is 0.157 e. The molecule has 116 valence electrons. The van der Waals surface area contributed by atoms with Crippen LogP contribution in [0.1, 0.15) is 11.1 Å². The monoisotopic (exact) mass is 341 g/mol. The Hall–Kier alpha value is -1.90. The summed E-state index contributed by atoms with van der Waals surface area (Å²) in [6.07, 6.45) is 0. The lowest BCUT2D eigenvalue weighted by Crippen LogP contribution is -2.09. The van der Waals surface area contributed by atoms with Crippen LogP contribution >= 0.6 is 11.6 Å². The number of aromatic hydroxyl groups is 1. The third kappa shape index (κ3) is 4.31. The van der Waals surface area contributed by atoms with Crippen molar-refractivity contribution < 1.29 is 5.11 Å². The zero-order valence-corrected chi connectivity index (χ0v) is 14.2. The first-order valence-electron chi connectivity index (χ1n) is 7.46. The first kappa shape index (κ1) is 16.0. The van der Waals surface area contributed by atoms with E-state index < -0.39 is 0 Å². The molecular weight excluding hydrogens is 324 g/mol. The van der Waals surface area contributed by atoms with Crippen molar-refractivity contribution >= 4 is 22.5 Å². The fourth-order valence-electron chi connectivity index (χ4n) is 2.44. The van der Waals surface area contributed by atoms with Crippen LogP contribution in [-0.2, 0) is 22.4 Å². The van der Waals surface area contributed by atoms with Gasteiger partial charge < -0.3 is 5.11 Å². The van der Waals surface area contributed by atoms with Crippen molar-refractivity contribution in [2.24, 2.45) is 0 Å². The van der Waals surface area contributed by atoms with E-state index in [-0.39, 0.29) is 16.6 Å². The Labute approximate surface area is 144 Å². The van der Waals surface area contributed by atoms with Gasteiger partial charge in [0, 0.05) is 28.1 Å². The second-order valence-corrected chi connectivity index (χ2v) is 7.81. The average molecular weight is 342 g/mol. The number of hydrogen-bond donors (Lipinski definition) is 1. The summed E-state index contributed by atoms with van der Waals surface area (Å²) in [5.41, 5.74) is 2.63. The quantitative estimate of drug-likeness (QED) is 0.614. The molecule has 0 atom stereocenters. The molecule has 23 heavy (non-hydrogen) atoms. The van der Waals surface area contributed by atoms with E-state index in [2.05, 4.69) is 48.5 Å². The summed E-state index contributed by atoms with van der Waals surface area (Å²) < 4.78 is 0. The van der Waals surface area contributed by atoms with Crippen LogP contribution in [0.5, 0.6) is 5.75 Å². The molecule has 0 heterocycles. The standard InChI is InChI=1S/C20H17ClOS/c21-19-13-18(11-12-20(19)22)23(14-16-7-3-1-4-8-16)15-17-9-5-2-6-10-17/h1-13H,14-15H2/p+1. The molecule has 1 N–H and O–H groups in total. The van der Waals surface area contributed by atoms with E-state index in [4.69, 9.17) is 11.6 Å². The summed E-state index contributed by atoms with van der Waals surface area (Å²) in [7, 11) is -0.00392. The summed E-state index contributed by atoms with van der Waals surface area (Å²) in [4.78, 5) is 1.18. The van der Waals surface area contributed by atoms with Gasteiger partial charge in [-0.25, -0.2) is 0 Å². The molecule has 0 fully saturated rings. The molecule has 3 heteroatoms. The van der Waals surface area contributed by atoms with Crippen LogP contribution in [0.15, 0.2) is 83.8 Å². The van der Waals surface area contributed by atoms with E-state index in [1.54, 1.807) is 6.07 Å². The maximum atomic E-state index is 9.68. The van der Waals surface area contributed by atoms with Crippen LogP contribution in [0.2, 0.25) is 5.02 Å². The SMILES string of the molecule is Oc1ccc([S+](Cc2ccccc2)Cc2ccccc2)cc1Cl. The Morgan fingerprint density at radius 2 is 1.26 bits per heavy atom. The minimum absolute atomic E-state index is 0.00392. The highest BCUT2D eigenvalue weighted by atomic mass is 35.5. The van der Waals surface area contributed by atoms with Crippen LogP contribution in [-0.4, -0.2) is 5.11 Å². The largest absolute Gasteiger partial charge is 0.506 e. The lowest BCUT2D eigenvalue weighted by atomic mass is 10.2. The first-order valence-corrected chi connectivity index (χ1v) is 9.40. The van der Waals surface area contributed by atoms with E-state index in [0.29, 0.717) is 5.02 Å². The fourth-order valence-corrected chi connectivity index (χ4v) is 4.85. The van der Waals surface area contributed by atoms with Crippen molar-refractivity contribution in [3.8, 4) is 5.75 Å². The predicted octanol–water partition coefficient (Wildman–Crippen LogP) is 5.42. The lowest BCUT2D eigenvalue weighted by Gasteiger charge is -2.10. The highest BCUT2D eigenvalue weighted by Crippen LogP contribution is 2.30. The van der Waals surface area contributed by atoms with Gasteiger partial charge in [0.1, 0.15) is 17.3 Å². The Bertz CT molecular complexity index is 718. The van der Waals surface area contributed by atoms with Crippen LogP contribution in [0.25, 0.3) is 0 Å². The van der Waals surface area contributed by atoms with Gasteiger partial charge in [0.25, 0.3) is 0 Å². The minimum Gasteiger partial charge on any atom is -0.506 e. The van der Waals surface area contributed by atoms with Gasteiger partial charge in [-0.3, -0.25) is 0 Å². The van der Waals surface area contributed by atoms with Crippen LogP contribution < -0.4 is 0 Å². The Kier molecular flexibility index (Phi) is 5.27. The van der Waals surface area contributed by atoms with Crippen molar-refractivity contribution in [3.63, 3.8) is 0 Å². The molecule has 3 rings (SSSR count). The highest BCUT2D eigenvalue weighted by molar-refractivity contribution is 7.95. The van der Waals surface area contributed by atoms with Gasteiger partial charge in [0.15, 0.2) is 4.90 Å². The Balaban J connectivity index is 1.90. The summed E-state index contributed by atoms with van der Waals surface area (Å²) in [5.74, 6) is 2.08. The number of hydrogen-bond acceptors (Lipinski definition) is 1. The zero-order valence-electron chi connectivity index (χ0n) is 12.7. The van der Waals surface area contributed by atoms with E-state index >= 15 is 0 Å². The number of rotatable bonds is 5. The summed E-state index contributed by atoms with van der Waals surface area (Å²) in [5, 5.41) is 10.1. The third-order valence-electron chi connectivity index (χ3n) is 3.62. The number of halogens is 1. The molecule has 0 saturated heterocycles. The van der Waals surface area contributed by atoms with E-state index in [1.165, 1.54) is 16.0 Å². The van der Waals surface area contributed by atoms with Gasteiger partial charge in [-0.15, -0.1) is 0 Å². The minimum atomic E-state index is -0.00392. The molecule has 0 amide bonds. The molecule has 0 bridgehead atoms. The van der Waals surface area contributed by atoms with Crippen molar-refractivity contribution in [3.05, 3.63) is 95.0 Å². The third-order valence-corrected chi connectivity index (χ3v) is 6.21. The molecular formula is C20H18ClOS+. The molecule has 3 aromatic carbocycles. The van der Waals surface area contributed by atoms with Crippen LogP contribution in [0.3, 0.4) is 0 Å². The molecule has 3 aromatic rings. The molecule has 0 aromatic heterocycles. The second-order valence-electron chi connectivity index (χ2n) is 5.37. The van der Waals surface area contributed by atoms with Crippen LogP contribution in [0.4, 0.5) is 0 Å². The van der Waals surface area contributed by atoms with Gasteiger partial charge in [-0.2, -0.15) is 0 Å². The van der Waals surface area contributed by atoms with E-state index in [9.17, 15) is 5.11 Å². The first-order chi connectivity index (χ1) is 11.2. The topological polar surface area (TPSA) is 20.2 Å². The smallest absolute Gasteiger partial charge is 0.157 e. The molecule has 0 aliphatic carbocycles. The van der Waals surface area contributed by atoms with Crippen molar-refractivity contribution in [2.75, 3.05) is 0 Å². The van der Waals surface area contributed by atoms with Crippen molar-refractivity contribution in [2.45, 2.75) is 16.4 Å². The zero-order chi connectivity index (χ0) is 16.1. The Morgan fingerprint density at radius 3 is 1.74 bits per heavy atom. The molecule has 1 nitrogen and oxygen atoms in total. The normalized spacial score (nSPS) is 10.9. The molecule has 0 spiro atoms. The van der Waals surface area contributed by atoms with Gasteiger partial charge in [0.2, 0.25) is 0 Å². The number of phenols is 1. The summed E-state index contributed by atoms with van der Waals surface area (Å²) >= 11 is 6.12. The lowest BCUT2D eigenvalue weighted by molar-refractivity contribution is 0.475. The molecule has 0 saturated carbocycles. The highest BCUT2D eigenvalue weighted by Gasteiger charge is 2.24. The molecule has 0 aliphatic rings. The van der Waals surface area contributed by atoms with E-state index in [1.807, 2.05) is 24.3 Å². The number of phenolic OH excluding ortho intramolecular Hbond substituents is 1. The van der Waals surface area contributed by atoms with Crippen molar-refractivity contribution in [1.29, 1.82) is 0 Å². The van der Waals surface area contributed by atoms with Gasteiger partial charge in [0.05, 0.1) is 5.02 Å². The summed E-state index contributed by atoms with van der Waals surface area (Å²) in [6, 6.07) is 26.6. The molecule has 0 aliphatic heterocycles. The fraction of sp³-hybridized carbons (Fsp3) is 0.100. The second kappa shape index (κ2) is 7.58. The van der Waals surface area contributed by atoms with Gasteiger partial charge >= 0.3 is 0 Å². The number of benzene rings is 3. The molecule has 0 unspecified atom stereocenters. The molecule has 0 radical (unpaired) electrons. The summed E-state index contributed by atoms with van der Waals surface area (Å²) in [6.45, 7) is 0. The van der Waals surface area contributed by atoms with E-state index in [0.717, 1.165) is 11.5 Å². The van der Waals surface area contributed by atoms with Crippen molar-refractivity contribution in [1.82, 2.24) is 0 Å².